The highest BCUT2D eigenvalue weighted by Crippen LogP contribution is 2.34. The fraction of sp³-hybridized carbons (Fsp3) is 0.571. The minimum Gasteiger partial charge on any atom is -0.122 e. The number of aryl methyl sites for hydroxylation is 2. The zero-order chi connectivity index (χ0) is 10.8. The van der Waals surface area contributed by atoms with Crippen LogP contribution in [0.2, 0.25) is 0 Å². The van der Waals surface area contributed by atoms with Crippen molar-refractivity contribution in [3.8, 4) is 0 Å². The maximum absolute atomic E-state index is 6.41. The van der Waals surface area contributed by atoms with Crippen molar-refractivity contribution in [1.29, 1.82) is 0 Å². The van der Waals surface area contributed by atoms with E-state index in [0.29, 0.717) is 5.38 Å². The second-order valence-electron chi connectivity index (χ2n) is 4.83. The van der Waals surface area contributed by atoms with Crippen LogP contribution in [-0.4, -0.2) is 5.38 Å². The van der Waals surface area contributed by atoms with Gasteiger partial charge in [-0.1, -0.05) is 24.6 Å². The van der Waals surface area contributed by atoms with Gasteiger partial charge in [0.2, 0.25) is 0 Å². The highest BCUT2D eigenvalue weighted by molar-refractivity contribution is 6.21. The van der Waals surface area contributed by atoms with E-state index in [-0.39, 0.29) is 0 Å². The molecule has 0 spiro atoms. The SMILES string of the molecule is Cc1ccc(CC(Cl)C2CCC2)cc1C. The summed E-state index contributed by atoms with van der Waals surface area (Å²) in [7, 11) is 0. The van der Waals surface area contributed by atoms with Crippen molar-refractivity contribution in [1.82, 2.24) is 0 Å². The van der Waals surface area contributed by atoms with Crippen LogP contribution < -0.4 is 0 Å². The Labute approximate surface area is 97.6 Å². The Kier molecular flexibility index (Phi) is 3.35. The van der Waals surface area contributed by atoms with Gasteiger partial charge in [-0.25, -0.2) is 0 Å². The molecule has 1 aliphatic rings. The molecular formula is C14H19Cl. The van der Waals surface area contributed by atoms with Crippen LogP contribution >= 0.6 is 11.6 Å². The molecule has 0 aliphatic heterocycles. The van der Waals surface area contributed by atoms with E-state index in [2.05, 4.69) is 32.0 Å². The van der Waals surface area contributed by atoms with Gasteiger partial charge in [-0.3, -0.25) is 0 Å². The Balaban J connectivity index is 2.00. The predicted octanol–water partition coefficient (Wildman–Crippen LogP) is 4.25. The summed E-state index contributed by atoms with van der Waals surface area (Å²) in [4.78, 5) is 0. The van der Waals surface area contributed by atoms with E-state index in [0.717, 1.165) is 12.3 Å². The predicted molar refractivity (Wildman–Crippen MR) is 66.6 cm³/mol. The minimum absolute atomic E-state index is 0.348. The van der Waals surface area contributed by atoms with E-state index in [1.807, 2.05) is 0 Å². The zero-order valence-corrected chi connectivity index (χ0v) is 10.3. The standard InChI is InChI=1S/C14H19Cl/c1-10-6-7-12(8-11(10)2)9-14(15)13-4-3-5-13/h6-8,13-14H,3-5,9H2,1-2H3. The highest BCUT2D eigenvalue weighted by atomic mass is 35.5. The quantitative estimate of drug-likeness (QED) is 0.671. The number of alkyl halides is 1. The van der Waals surface area contributed by atoms with E-state index >= 15 is 0 Å². The molecule has 1 heteroatoms. The molecule has 1 atom stereocenters. The Bertz CT molecular complexity index is 339. The Morgan fingerprint density at radius 1 is 1.27 bits per heavy atom. The topological polar surface area (TPSA) is 0 Å². The first-order valence-electron chi connectivity index (χ1n) is 5.87. The molecule has 0 aromatic heterocycles. The monoisotopic (exact) mass is 222 g/mol. The first-order valence-corrected chi connectivity index (χ1v) is 6.30. The summed E-state index contributed by atoms with van der Waals surface area (Å²) in [6, 6.07) is 6.70. The summed E-state index contributed by atoms with van der Waals surface area (Å²) in [5, 5.41) is 0.348. The molecule has 1 aromatic carbocycles. The van der Waals surface area contributed by atoms with Gasteiger partial charge in [0.1, 0.15) is 0 Å². The maximum Gasteiger partial charge on any atom is 0.0404 e. The highest BCUT2D eigenvalue weighted by Gasteiger charge is 2.25. The van der Waals surface area contributed by atoms with Crippen molar-refractivity contribution in [3.63, 3.8) is 0 Å². The smallest absolute Gasteiger partial charge is 0.0404 e. The van der Waals surface area contributed by atoms with Crippen molar-refractivity contribution in [2.24, 2.45) is 5.92 Å². The van der Waals surface area contributed by atoms with Crippen LogP contribution in [-0.2, 0) is 6.42 Å². The molecule has 0 radical (unpaired) electrons. The van der Waals surface area contributed by atoms with Crippen LogP contribution in [0.3, 0.4) is 0 Å². The average molecular weight is 223 g/mol. The third kappa shape index (κ3) is 2.55. The van der Waals surface area contributed by atoms with Gasteiger partial charge in [0.05, 0.1) is 0 Å². The molecule has 0 amide bonds. The van der Waals surface area contributed by atoms with Crippen LogP contribution in [0.25, 0.3) is 0 Å². The van der Waals surface area contributed by atoms with Gasteiger partial charge < -0.3 is 0 Å². The molecule has 0 saturated heterocycles. The van der Waals surface area contributed by atoms with Crippen LogP contribution in [0, 0.1) is 19.8 Å². The van der Waals surface area contributed by atoms with E-state index in [1.165, 1.54) is 36.0 Å². The van der Waals surface area contributed by atoms with E-state index in [9.17, 15) is 0 Å². The first kappa shape index (κ1) is 11.0. The molecule has 1 fully saturated rings. The largest absolute Gasteiger partial charge is 0.122 e. The fourth-order valence-electron chi connectivity index (χ4n) is 2.12. The molecule has 0 bridgehead atoms. The second kappa shape index (κ2) is 4.57. The van der Waals surface area contributed by atoms with Gasteiger partial charge in [0.15, 0.2) is 0 Å². The van der Waals surface area contributed by atoms with Crippen LogP contribution in [0.5, 0.6) is 0 Å². The molecule has 0 heterocycles. The molecule has 82 valence electrons. The molecule has 2 rings (SSSR count). The summed E-state index contributed by atoms with van der Waals surface area (Å²) in [5.41, 5.74) is 4.14. The molecular weight excluding hydrogens is 204 g/mol. The van der Waals surface area contributed by atoms with Gasteiger partial charge in [0, 0.05) is 5.38 Å². The number of rotatable bonds is 3. The van der Waals surface area contributed by atoms with Crippen LogP contribution in [0.15, 0.2) is 18.2 Å². The summed E-state index contributed by atoms with van der Waals surface area (Å²) in [5.74, 6) is 0.772. The Morgan fingerprint density at radius 3 is 2.53 bits per heavy atom. The van der Waals surface area contributed by atoms with Crippen molar-refractivity contribution in [2.45, 2.75) is 44.9 Å². The van der Waals surface area contributed by atoms with Gasteiger partial charge in [-0.05, 0) is 55.7 Å². The normalized spacial score (nSPS) is 18.6. The first-order chi connectivity index (χ1) is 7.16. The Morgan fingerprint density at radius 2 is 2.00 bits per heavy atom. The lowest BCUT2D eigenvalue weighted by molar-refractivity contribution is 0.302. The van der Waals surface area contributed by atoms with E-state index < -0.39 is 0 Å². The molecule has 0 N–H and O–H groups in total. The van der Waals surface area contributed by atoms with Crippen LogP contribution in [0.4, 0.5) is 0 Å². The molecule has 1 aromatic rings. The van der Waals surface area contributed by atoms with Gasteiger partial charge in [0.25, 0.3) is 0 Å². The lowest BCUT2D eigenvalue weighted by Crippen LogP contribution is -2.24. The van der Waals surface area contributed by atoms with Crippen molar-refractivity contribution < 1.29 is 0 Å². The van der Waals surface area contributed by atoms with E-state index in [4.69, 9.17) is 11.6 Å². The lowest BCUT2D eigenvalue weighted by Gasteiger charge is -2.30. The van der Waals surface area contributed by atoms with Crippen molar-refractivity contribution >= 4 is 11.6 Å². The third-order valence-corrected chi connectivity index (χ3v) is 4.17. The van der Waals surface area contributed by atoms with Crippen LogP contribution in [0.1, 0.15) is 36.0 Å². The van der Waals surface area contributed by atoms with E-state index in [1.54, 1.807) is 0 Å². The van der Waals surface area contributed by atoms with Gasteiger partial charge >= 0.3 is 0 Å². The third-order valence-electron chi connectivity index (χ3n) is 3.66. The summed E-state index contributed by atoms with van der Waals surface area (Å²) < 4.78 is 0. The molecule has 1 aliphatic carbocycles. The number of benzene rings is 1. The molecule has 1 unspecified atom stereocenters. The number of halogens is 1. The lowest BCUT2D eigenvalue weighted by atomic mass is 9.81. The number of hydrogen-bond acceptors (Lipinski definition) is 0. The summed E-state index contributed by atoms with van der Waals surface area (Å²) in [6.45, 7) is 4.33. The molecule has 1 saturated carbocycles. The van der Waals surface area contributed by atoms with Gasteiger partial charge in [-0.2, -0.15) is 0 Å². The Hall–Kier alpha value is -0.490. The number of hydrogen-bond donors (Lipinski definition) is 0. The molecule has 0 nitrogen and oxygen atoms in total. The second-order valence-corrected chi connectivity index (χ2v) is 5.39. The van der Waals surface area contributed by atoms with Crippen molar-refractivity contribution in [3.05, 3.63) is 34.9 Å². The minimum atomic E-state index is 0.348. The summed E-state index contributed by atoms with van der Waals surface area (Å²) >= 11 is 6.41. The zero-order valence-electron chi connectivity index (χ0n) is 9.59. The van der Waals surface area contributed by atoms with Gasteiger partial charge in [-0.15, -0.1) is 11.6 Å². The van der Waals surface area contributed by atoms with Crippen molar-refractivity contribution in [2.75, 3.05) is 0 Å². The summed E-state index contributed by atoms with van der Waals surface area (Å²) in [6.07, 6.45) is 5.08. The fourth-order valence-corrected chi connectivity index (χ4v) is 2.55. The molecule has 15 heavy (non-hydrogen) atoms. The maximum atomic E-state index is 6.41. The average Bonchev–Trinajstić information content (AvgIpc) is 2.08.